The third-order valence-electron chi connectivity index (χ3n) is 3.33. The Morgan fingerprint density at radius 2 is 1.78 bits per heavy atom. The summed E-state index contributed by atoms with van der Waals surface area (Å²) in [5, 5.41) is 0.528. The molecule has 0 saturated carbocycles. The first-order valence-electron chi connectivity index (χ1n) is 7.75. The number of ether oxygens (including phenoxy) is 2. The lowest BCUT2D eigenvalue weighted by molar-refractivity contribution is 0.288. The van der Waals surface area contributed by atoms with Crippen LogP contribution in [0.25, 0.3) is 0 Å². The van der Waals surface area contributed by atoms with E-state index in [9.17, 15) is 0 Å². The van der Waals surface area contributed by atoms with Crippen LogP contribution >= 0.6 is 11.6 Å². The van der Waals surface area contributed by atoms with Gasteiger partial charge in [0.25, 0.3) is 0 Å². The van der Waals surface area contributed by atoms with Gasteiger partial charge in [-0.1, -0.05) is 29.3 Å². The van der Waals surface area contributed by atoms with Gasteiger partial charge in [-0.15, -0.1) is 0 Å². The van der Waals surface area contributed by atoms with Crippen molar-refractivity contribution in [3.63, 3.8) is 0 Å². The summed E-state index contributed by atoms with van der Waals surface area (Å²) in [5.41, 5.74) is 4.19. The Kier molecular flexibility index (Phi) is 6.05. The molecule has 0 fully saturated rings. The predicted molar refractivity (Wildman–Crippen MR) is 97.0 cm³/mol. The monoisotopic (exact) mass is 331 g/mol. The SMILES string of the molecule is CCOc1cc(C=Nc2ccc(C)cc2C)cc(Cl)c1OCC. The van der Waals surface area contributed by atoms with Gasteiger partial charge in [0.2, 0.25) is 0 Å². The first-order valence-corrected chi connectivity index (χ1v) is 8.13. The molecule has 3 nitrogen and oxygen atoms in total. The third kappa shape index (κ3) is 4.49. The summed E-state index contributed by atoms with van der Waals surface area (Å²) in [4.78, 5) is 4.56. The fourth-order valence-electron chi connectivity index (χ4n) is 2.30. The number of benzene rings is 2. The summed E-state index contributed by atoms with van der Waals surface area (Å²) in [6, 6.07) is 9.91. The number of halogens is 1. The van der Waals surface area contributed by atoms with Crippen molar-refractivity contribution in [1.29, 1.82) is 0 Å². The number of hydrogen-bond donors (Lipinski definition) is 0. The standard InChI is InChI=1S/C19H22ClNO2/c1-5-22-18-11-15(10-16(20)19(18)23-6-2)12-21-17-8-7-13(3)9-14(17)4/h7-12H,5-6H2,1-4H3. The van der Waals surface area contributed by atoms with E-state index < -0.39 is 0 Å². The minimum Gasteiger partial charge on any atom is -0.490 e. The van der Waals surface area contributed by atoms with Crippen LogP contribution in [-0.2, 0) is 0 Å². The number of aryl methyl sites for hydroxylation is 2. The van der Waals surface area contributed by atoms with Gasteiger partial charge in [-0.3, -0.25) is 4.99 Å². The van der Waals surface area contributed by atoms with Crippen molar-refractivity contribution in [2.45, 2.75) is 27.7 Å². The molecule has 0 N–H and O–H groups in total. The fourth-order valence-corrected chi connectivity index (χ4v) is 2.58. The van der Waals surface area contributed by atoms with E-state index in [4.69, 9.17) is 21.1 Å². The molecule has 122 valence electrons. The number of hydrogen-bond acceptors (Lipinski definition) is 3. The first kappa shape index (κ1) is 17.4. The number of aliphatic imine (C=N–C) groups is 1. The van der Waals surface area contributed by atoms with E-state index in [1.807, 2.05) is 32.0 Å². The topological polar surface area (TPSA) is 30.8 Å². The molecule has 2 rings (SSSR count). The van der Waals surface area contributed by atoms with Crippen molar-refractivity contribution in [3.05, 3.63) is 52.0 Å². The quantitative estimate of drug-likeness (QED) is 0.654. The van der Waals surface area contributed by atoms with Crippen molar-refractivity contribution in [1.82, 2.24) is 0 Å². The molecule has 0 unspecified atom stereocenters. The molecule has 0 saturated heterocycles. The van der Waals surface area contributed by atoms with Crippen LogP contribution in [0, 0.1) is 13.8 Å². The summed E-state index contributed by atoms with van der Waals surface area (Å²) in [6.45, 7) is 9.06. The van der Waals surface area contributed by atoms with Crippen molar-refractivity contribution < 1.29 is 9.47 Å². The molecule has 0 bridgehead atoms. The second-order valence-electron chi connectivity index (χ2n) is 5.24. The molecule has 2 aromatic carbocycles. The zero-order valence-electron chi connectivity index (χ0n) is 14.0. The molecule has 0 atom stereocenters. The molecule has 0 aliphatic heterocycles. The highest BCUT2D eigenvalue weighted by molar-refractivity contribution is 6.32. The highest BCUT2D eigenvalue weighted by Crippen LogP contribution is 2.36. The summed E-state index contributed by atoms with van der Waals surface area (Å²) in [6.07, 6.45) is 1.79. The number of rotatable bonds is 6. The van der Waals surface area contributed by atoms with Gasteiger partial charge < -0.3 is 9.47 Å². The molecule has 0 aliphatic carbocycles. The van der Waals surface area contributed by atoms with Crippen molar-refractivity contribution >= 4 is 23.5 Å². The van der Waals surface area contributed by atoms with Gasteiger partial charge in [-0.2, -0.15) is 0 Å². The average molecular weight is 332 g/mol. The van der Waals surface area contributed by atoms with Gasteiger partial charge in [0.1, 0.15) is 0 Å². The highest BCUT2D eigenvalue weighted by atomic mass is 35.5. The molecule has 0 aliphatic rings. The second kappa shape index (κ2) is 8.02. The molecule has 0 heterocycles. The van der Waals surface area contributed by atoms with Crippen LogP contribution in [0.5, 0.6) is 11.5 Å². The van der Waals surface area contributed by atoms with Crippen LogP contribution in [0.1, 0.15) is 30.5 Å². The molecule has 23 heavy (non-hydrogen) atoms. The highest BCUT2D eigenvalue weighted by Gasteiger charge is 2.11. The van der Waals surface area contributed by atoms with Gasteiger partial charge in [0.15, 0.2) is 11.5 Å². The summed E-state index contributed by atoms with van der Waals surface area (Å²) < 4.78 is 11.2. The van der Waals surface area contributed by atoms with Crippen LogP contribution in [0.4, 0.5) is 5.69 Å². The van der Waals surface area contributed by atoms with E-state index in [0.29, 0.717) is 29.7 Å². The van der Waals surface area contributed by atoms with E-state index in [-0.39, 0.29) is 0 Å². The van der Waals surface area contributed by atoms with Crippen molar-refractivity contribution in [3.8, 4) is 11.5 Å². The summed E-state index contributed by atoms with van der Waals surface area (Å²) >= 11 is 6.32. The minimum absolute atomic E-state index is 0.528. The van der Waals surface area contributed by atoms with Crippen LogP contribution in [0.2, 0.25) is 5.02 Å². The molecule has 0 spiro atoms. The Morgan fingerprint density at radius 3 is 2.43 bits per heavy atom. The lowest BCUT2D eigenvalue weighted by atomic mass is 10.1. The van der Waals surface area contributed by atoms with Crippen molar-refractivity contribution in [2.75, 3.05) is 13.2 Å². The van der Waals surface area contributed by atoms with E-state index in [1.54, 1.807) is 6.21 Å². The summed E-state index contributed by atoms with van der Waals surface area (Å²) in [5.74, 6) is 1.23. The molecular weight excluding hydrogens is 310 g/mol. The Balaban J connectivity index is 2.34. The van der Waals surface area contributed by atoms with Crippen LogP contribution in [-0.4, -0.2) is 19.4 Å². The van der Waals surface area contributed by atoms with Gasteiger partial charge >= 0.3 is 0 Å². The molecule has 0 aromatic heterocycles. The zero-order valence-corrected chi connectivity index (χ0v) is 14.8. The normalized spacial score (nSPS) is 11.0. The van der Waals surface area contributed by atoms with Gasteiger partial charge in [-0.25, -0.2) is 0 Å². The largest absolute Gasteiger partial charge is 0.490 e. The van der Waals surface area contributed by atoms with E-state index in [2.05, 4.69) is 31.0 Å². The van der Waals surface area contributed by atoms with E-state index >= 15 is 0 Å². The maximum absolute atomic E-state index is 6.32. The van der Waals surface area contributed by atoms with E-state index in [0.717, 1.165) is 16.8 Å². The van der Waals surface area contributed by atoms with Crippen LogP contribution in [0.15, 0.2) is 35.3 Å². The van der Waals surface area contributed by atoms with E-state index in [1.165, 1.54) is 5.56 Å². The maximum Gasteiger partial charge on any atom is 0.179 e. The maximum atomic E-state index is 6.32. The van der Waals surface area contributed by atoms with Crippen LogP contribution in [0.3, 0.4) is 0 Å². The van der Waals surface area contributed by atoms with Crippen LogP contribution < -0.4 is 9.47 Å². The number of nitrogens with zero attached hydrogens (tertiary/aromatic N) is 1. The third-order valence-corrected chi connectivity index (χ3v) is 3.61. The minimum atomic E-state index is 0.528. The summed E-state index contributed by atoms with van der Waals surface area (Å²) in [7, 11) is 0. The predicted octanol–water partition coefficient (Wildman–Crippen LogP) is 5.50. The first-order chi connectivity index (χ1) is 11.0. The molecule has 2 aromatic rings. The van der Waals surface area contributed by atoms with Crippen molar-refractivity contribution in [2.24, 2.45) is 4.99 Å². The lowest BCUT2D eigenvalue weighted by Crippen LogP contribution is -2.00. The molecule has 0 amide bonds. The Labute approximate surface area is 142 Å². The Morgan fingerprint density at radius 1 is 1.04 bits per heavy atom. The lowest BCUT2D eigenvalue weighted by Gasteiger charge is -2.13. The zero-order chi connectivity index (χ0) is 16.8. The van der Waals surface area contributed by atoms with Gasteiger partial charge in [0, 0.05) is 6.21 Å². The molecule has 0 radical (unpaired) electrons. The Bertz CT molecular complexity index is 711. The fraction of sp³-hybridized carbons (Fsp3) is 0.316. The smallest absolute Gasteiger partial charge is 0.179 e. The van der Waals surface area contributed by atoms with Gasteiger partial charge in [-0.05, 0) is 57.0 Å². The Hall–Kier alpha value is -2.00. The second-order valence-corrected chi connectivity index (χ2v) is 5.65. The van der Waals surface area contributed by atoms with Gasteiger partial charge in [0.05, 0.1) is 23.9 Å². The molecule has 4 heteroatoms. The average Bonchev–Trinajstić information content (AvgIpc) is 2.50. The molecular formula is C19H22ClNO2.